The quantitative estimate of drug-likeness (QED) is 0.676. The fourth-order valence-electron chi connectivity index (χ4n) is 4.34. The summed E-state index contributed by atoms with van der Waals surface area (Å²) in [4.78, 5) is 17.7. The molecular formula is C22H24Cl2N2O. The van der Waals surface area contributed by atoms with Crippen LogP contribution in [0.1, 0.15) is 43.2 Å². The molecule has 2 heterocycles. The van der Waals surface area contributed by atoms with Gasteiger partial charge in [-0.1, -0.05) is 48.3 Å². The van der Waals surface area contributed by atoms with Crippen LogP contribution in [0.4, 0.5) is 5.69 Å². The summed E-state index contributed by atoms with van der Waals surface area (Å²) in [6.45, 7) is 4.59. The number of carbonyl (C=O) groups excluding carboxylic acids is 1. The van der Waals surface area contributed by atoms with Crippen molar-refractivity contribution in [2.45, 2.75) is 44.7 Å². The van der Waals surface area contributed by atoms with Crippen molar-refractivity contribution in [3.05, 3.63) is 63.6 Å². The summed E-state index contributed by atoms with van der Waals surface area (Å²) in [5.41, 5.74) is 3.34. The van der Waals surface area contributed by atoms with Crippen LogP contribution in [0, 0.1) is 0 Å². The summed E-state index contributed by atoms with van der Waals surface area (Å²) in [6.07, 6.45) is 2.93. The molecule has 2 aliphatic rings. The Bertz CT molecular complexity index is 854. The molecule has 142 valence electrons. The number of nitrogens with zero attached hydrogens (tertiary/aromatic N) is 2. The lowest BCUT2D eigenvalue weighted by Crippen LogP contribution is -2.47. The first kappa shape index (κ1) is 18.8. The highest BCUT2D eigenvalue weighted by Gasteiger charge is 2.36. The normalized spacial score (nSPS) is 22.7. The SMILES string of the molecule is CC1CCN(C(=O)C2CCCN2Cc2cc(Cl)ccc2Cl)c2ccccc21. The molecule has 1 amide bonds. The Hall–Kier alpha value is -1.55. The maximum absolute atomic E-state index is 13.4. The zero-order valence-electron chi connectivity index (χ0n) is 15.5. The molecule has 0 radical (unpaired) electrons. The number of benzene rings is 2. The number of likely N-dealkylation sites (tertiary alicyclic amines) is 1. The number of amides is 1. The molecule has 0 aliphatic carbocycles. The number of hydrogen-bond acceptors (Lipinski definition) is 2. The number of halogens is 2. The lowest BCUT2D eigenvalue weighted by atomic mass is 9.91. The average Bonchev–Trinajstić information content (AvgIpc) is 3.13. The molecule has 1 fully saturated rings. The first-order chi connectivity index (χ1) is 13.0. The van der Waals surface area contributed by atoms with E-state index in [9.17, 15) is 4.79 Å². The van der Waals surface area contributed by atoms with Crippen molar-refractivity contribution in [1.29, 1.82) is 0 Å². The minimum absolute atomic E-state index is 0.0958. The highest BCUT2D eigenvalue weighted by molar-refractivity contribution is 6.33. The first-order valence-corrected chi connectivity index (χ1v) is 10.4. The molecule has 0 N–H and O–H groups in total. The summed E-state index contributed by atoms with van der Waals surface area (Å²) in [7, 11) is 0. The average molecular weight is 403 g/mol. The van der Waals surface area contributed by atoms with E-state index in [2.05, 4.69) is 30.0 Å². The smallest absolute Gasteiger partial charge is 0.244 e. The highest BCUT2D eigenvalue weighted by Crippen LogP contribution is 2.36. The van der Waals surface area contributed by atoms with E-state index in [0.717, 1.165) is 43.6 Å². The molecule has 27 heavy (non-hydrogen) atoms. The number of carbonyl (C=O) groups is 1. The molecule has 5 heteroatoms. The van der Waals surface area contributed by atoms with E-state index in [1.165, 1.54) is 5.56 Å². The third kappa shape index (κ3) is 3.73. The molecule has 0 spiro atoms. The van der Waals surface area contributed by atoms with Gasteiger partial charge < -0.3 is 4.90 Å². The molecule has 2 aromatic rings. The Morgan fingerprint density at radius 1 is 1.11 bits per heavy atom. The Labute approximate surface area is 170 Å². The van der Waals surface area contributed by atoms with Crippen molar-refractivity contribution in [3.8, 4) is 0 Å². The molecule has 0 aromatic heterocycles. The molecule has 2 aromatic carbocycles. The van der Waals surface area contributed by atoms with E-state index in [-0.39, 0.29) is 11.9 Å². The van der Waals surface area contributed by atoms with Gasteiger partial charge >= 0.3 is 0 Å². The van der Waals surface area contributed by atoms with E-state index in [0.29, 0.717) is 22.5 Å². The number of fused-ring (bicyclic) bond motifs is 1. The van der Waals surface area contributed by atoms with Crippen LogP contribution in [-0.4, -0.2) is 29.9 Å². The monoisotopic (exact) mass is 402 g/mol. The van der Waals surface area contributed by atoms with Gasteiger partial charge in [-0.25, -0.2) is 0 Å². The number of hydrogen-bond donors (Lipinski definition) is 0. The van der Waals surface area contributed by atoms with Gasteiger partial charge in [0, 0.05) is 28.8 Å². The second kappa shape index (κ2) is 7.83. The van der Waals surface area contributed by atoms with Crippen molar-refractivity contribution < 1.29 is 4.79 Å². The molecule has 0 saturated carbocycles. The maximum Gasteiger partial charge on any atom is 0.244 e. The van der Waals surface area contributed by atoms with Crippen molar-refractivity contribution in [2.24, 2.45) is 0 Å². The lowest BCUT2D eigenvalue weighted by molar-refractivity contribution is -0.123. The molecule has 3 nitrogen and oxygen atoms in total. The number of rotatable bonds is 3. The minimum Gasteiger partial charge on any atom is -0.311 e. The maximum atomic E-state index is 13.4. The Morgan fingerprint density at radius 3 is 2.78 bits per heavy atom. The van der Waals surface area contributed by atoms with Gasteiger partial charge in [0.05, 0.1) is 6.04 Å². The molecule has 0 bridgehead atoms. The topological polar surface area (TPSA) is 23.6 Å². The first-order valence-electron chi connectivity index (χ1n) is 9.63. The molecule has 1 saturated heterocycles. The predicted molar refractivity (Wildman–Crippen MR) is 112 cm³/mol. The zero-order chi connectivity index (χ0) is 19.0. The van der Waals surface area contributed by atoms with Crippen LogP contribution < -0.4 is 4.90 Å². The largest absolute Gasteiger partial charge is 0.311 e. The van der Waals surface area contributed by atoms with Crippen molar-refractivity contribution in [3.63, 3.8) is 0 Å². The van der Waals surface area contributed by atoms with Crippen LogP contribution in [-0.2, 0) is 11.3 Å². The van der Waals surface area contributed by atoms with Crippen LogP contribution in [0.15, 0.2) is 42.5 Å². The number of para-hydroxylation sites is 1. The van der Waals surface area contributed by atoms with Gasteiger partial charge in [0.1, 0.15) is 0 Å². The van der Waals surface area contributed by atoms with Crippen LogP contribution >= 0.6 is 23.2 Å². The van der Waals surface area contributed by atoms with Gasteiger partial charge in [-0.3, -0.25) is 9.69 Å². The molecule has 2 aliphatic heterocycles. The third-order valence-corrected chi connectivity index (χ3v) is 6.44. The van der Waals surface area contributed by atoms with Crippen LogP contribution in [0.25, 0.3) is 0 Å². The highest BCUT2D eigenvalue weighted by atomic mass is 35.5. The van der Waals surface area contributed by atoms with Crippen LogP contribution in [0.5, 0.6) is 0 Å². The van der Waals surface area contributed by atoms with Gasteiger partial charge in [-0.15, -0.1) is 0 Å². The van der Waals surface area contributed by atoms with E-state index >= 15 is 0 Å². The fraction of sp³-hybridized carbons (Fsp3) is 0.409. The van der Waals surface area contributed by atoms with Crippen LogP contribution in [0.2, 0.25) is 10.0 Å². The second-order valence-electron chi connectivity index (χ2n) is 7.60. The molecular weight excluding hydrogens is 379 g/mol. The third-order valence-electron chi connectivity index (χ3n) is 5.84. The lowest BCUT2D eigenvalue weighted by Gasteiger charge is -2.36. The summed E-state index contributed by atoms with van der Waals surface area (Å²) in [6, 6.07) is 13.7. The summed E-state index contributed by atoms with van der Waals surface area (Å²) in [5.74, 6) is 0.709. The Balaban J connectivity index is 1.56. The Morgan fingerprint density at radius 2 is 1.93 bits per heavy atom. The van der Waals surface area contributed by atoms with Gasteiger partial charge in [0.15, 0.2) is 0 Å². The summed E-state index contributed by atoms with van der Waals surface area (Å²) in [5, 5.41) is 1.38. The number of anilines is 1. The van der Waals surface area contributed by atoms with Gasteiger partial charge in [0.25, 0.3) is 0 Å². The molecule has 4 rings (SSSR count). The summed E-state index contributed by atoms with van der Waals surface area (Å²) >= 11 is 12.5. The fourth-order valence-corrected chi connectivity index (χ4v) is 4.71. The summed E-state index contributed by atoms with van der Waals surface area (Å²) < 4.78 is 0. The van der Waals surface area contributed by atoms with E-state index in [1.807, 2.05) is 23.1 Å². The Kier molecular flexibility index (Phi) is 5.45. The second-order valence-corrected chi connectivity index (χ2v) is 8.45. The van der Waals surface area contributed by atoms with E-state index in [1.54, 1.807) is 6.07 Å². The van der Waals surface area contributed by atoms with Crippen LogP contribution in [0.3, 0.4) is 0 Å². The van der Waals surface area contributed by atoms with Gasteiger partial charge in [-0.2, -0.15) is 0 Å². The molecule has 2 atom stereocenters. The standard InChI is InChI=1S/C22H24Cl2N2O/c1-15-10-12-26(20-6-3-2-5-18(15)20)22(27)21-7-4-11-25(21)14-16-13-17(23)8-9-19(16)24/h2-3,5-6,8-9,13,15,21H,4,7,10-12,14H2,1H3. The van der Waals surface area contributed by atoms with Crippen molar-refractivity contribution in [2.75, 3.05) is 18.0 Å². The van der Waals surface area contributed by atoms with E-state index in [4.69, 9.17) is 23.2 Å². The van der Waals surface area contributed by atoms with Crippen molar-refractivity contribution >= 4 is 34.8 Å². The molecule has 2 unspecified atom stereocenters. The van der Waals surface area contributed by atoms with Gasteiger partial charge in [0.2, 0.25) is 5.91 Å². The van der Waals surface area contributed by atoms with Gasteiger partial charge in [-0.05, 0) is 67.1 Å². The van der Waals surface area contributed by atoms with E-state index < -0.39 is 0 Å². The predicted octanol–water partition coefficient (Wildman–Crippen LogP) is 5.50. The zero-order valence-corrected chi connectivity index (χ0v) is 17.0. The van der Waals surface area contributed by atoms with Crippen molar-refractivity contribution in [1.82, 2.24) is 4.90 Å². The minimum atomic E-state index is -0.0958.